The first kappa shape index (κ1) is 22.4. The number of benzene rings is 1. The van der Waals surface area contributed by atoms with E-state index in [0.29, 0.717) is 60.9 Å². The van der Waals surface area contributed by atoms with Crippen LogP contribution < -0.4 is 10.9 Å². The molecule has 0 fully saturated rings. The van der Waals surface area contributed by atoms with Gasteiger partial charge in [0.2, 0.25) is 11.7 Å². The molecule has 0 saturated heterocycles. The van der Waals surface area contributed by atoms with Crippen LogP contribution in [0.2, 0.25) is 5.02 Å². The number of aryl methyl sites for hydroxylation is 2. The maximum atomic E-state index is 12.9. The number of amides is 1. The van der Waals surface area contributed by atoms with Gasteiger partial charge in [-0.1, -0.05) is 29.8 Å². The molecule has 1 amide bonds. The predicted molar refractivity (Wildman–Crippen MR) is 125 cm³/mol. The second-order valence-corrected chi connectivity index (χ2v) is 8.73. The minimum absolute atomic E-state index is 0.0455. The summed E-state index contributed by atoms with van der Waals surface area (Å²) in [6, 6.07) is 9.36. The maximum absolute atomic E-state index is 12.9. The van der Waals surface area contributed by atoms with E-state index in [4.69, 9.17) is 16.3 Å². The van der Waals surface area contributed by atoms with Gasteiger partial charge in [0.05, 0.1) is 5.52 Å². The van der Waals surface area contributed by atoms with Crippen molar-refractivity contribution in [2.75, 3.05) is 13.7 Å². The first-order valence-electron chi connectivity index (χ1n) is 10.4. The molecule has 0 aliphatic carbocycles. The number of carbonyl (C=O) groups excluding carboxylic acids is 1. The van der Waals surface area contributed by atoms with Gasteiger partial charge in [-0.3, -0.25) is 18.6 Å². The number of halogens is 1. The van der Waals surface area contributed by atoms with Gasteiger partial charge in [-0.05, 0) is 35.9 Å². The molecule has 3 heterocycles. The quantitative estimate of drug-likeness (QED) is 0.356. The van der Waals surface area contributed by atoms with Crippen molar-refractivity contribution < 1.29 is 9.53 Å². The maximum Gasteiger partial charge on any atom is 0.272 e. The third kappa shape index (κ3) is 4.69. The summed E-state index contributed by atoms with van der Waals surface area (Å²) in [6.07, 6.45) is 2.25. The molecule has 168 valence electrons. The lowest BCUT2D eigenvalue weighted by Crippen LogP contribution is -2.23. The summed E-state index contributed by atoms with van der Waals surface area (Å²) in [6.45, 7) is 1.47. The Morgan fingerprint density at radius 3 is 2.88 bits per heavy atom. The summed E-state index contributed by atoms with van der Waals surface area (Å²) >= 11 is 7.55. The van der Waals surface area contributed by atoms with Crippen molar-refractivity contribution >= 4 is 44.8 Å². The van der Waals surface area contributed by atoms with Crippen molar-refractivity contribution in [2.45, 2.75) is 38.8 Å². The molecule has 1 N–H and O–H groups in total. The summed E-state index contributed by atoms with van der Waals surface area (Å²) < 4.78 is 9.39. The molecule has 0 aliphatic heterocycles. The first-order valence-corrected chi connectivity index (χ1v) is 11.7. The Morgan fingerprint density at radius 1 is 1.22 bits per heavy atom. The Labute approximate surface area is 193 Å². The highest BCUT2D eigenvalue weighted by Gasteiger charge is 2.17. The number of carbonyl (C=O) groups is 1. The van der Waals surface area contributed by atoms with Crippen LogP contribution >= 0.6 is 22.9 Å². The van der Waals surface area contributed by atoms with Crippen LogP contribution in [0, 0.1) is 0 Å². The number of rotatable bonds is 10. The van der Waals surface area contributed by atoms with Gasteiger partial charge in [-0.25, -0.2) is 0 Å². The molecular formula is C22H24ClN5O3S. The van der Waals surface area contributed by atoms with Gasteiger partial charge >= 0.3 is 0 Å². The molecule has 4 rings (SSSR count). The van der Waals surface area contributed by atoms with Gasteiger partial charge in [0.1, 0.15) is 10.5 Å². The summed E-state index contributed by atoms with van der Waals surface area (Å²) in [7, 11) is 1.64. The van der Waals surface area contributed by atoms with E-state index >= 15 is 0 Å². The number of nitrogens with one attached hydrogen (secondary N) is 1. The highest BCUT2D eigenvalue weighted by molar-refractivity contribution is 7.17. The Hall–Kier alpha value is -2.75. The van der Waals surface area contributed by atoms with Crippen LogP contribution in [0.25, 0.3) is 16.0 Å². The Bertz CT molecular complexity index is 1300. The van der Waals surface area contributed by atoms with Crippen molar-refractivity contribution in [3.05, 3.63) is 62.5 Å². The van der Waals surface area contributed by atoms with E-state index in [2.05, 4.69) is 15.5 Å². The van der Waals surface area contributed by atoms with E-state index in [1.807, 2.05) is 34.0 Å². The molecule has 1 aromatic carbocycles. The molecule has 0 bridgehead atoms. The standard InChI is InChI=1S/C22H24ClN5O3S/c1-31-12-5-11-27-21(30)20-17(10-13-32-20)28-18(25-26-22(27)28)8-4-9-19(29)24-14-15-6-2-3-7-16(15)23/h2-3,6-7,10,13H,4-5,8-9,11-12,14H2,1H3,(H,24,29). The molecule has 3 aromatic heterocycles. The third-order valence-electron chi connectivity index (χ3n) is 5.25. The molecular weight excluding hydrogens is 450 g/mol. The van der Waals surface area contributed by atoms with E-state index in [1.54, 1.807) is 17.7 Å². The van der Waals surface area contributed by atoms with E-state index < -0.39 is 0 Å². The Morgan fingerprint density at radius 2 is 2.06 bits per heavy atom. The van der Waals surface area contributed by atoms with Gasteiger partial charge in [0, 0.05) is 44.7 Å². The molecule has 0 aliphatic rings. The van der Waals surface area contributed by atoms with Crippen LogP contribution in [0.5, 0.6) is 0 Å². The smallest absolute Gasteiger partial charge is 0.272 e. The van der Waals surface area contributed by atoms with Gasteiger partial charge in [-0.15, -0.1) is 21.5 Å². The lowest BCUT2D eigenvalue weighted by atomic mass is 10.2. The lowest BCUT2D eigenvalue weighted by molar-refractivity contribution is -0.121. The average molecular weight is 474 g/mol. The SMILES string of the molecule is COCCCn1c(=O)c2sccc2n2c(CCCC(=O)NCc3ccccc3Cl)nnc12. The minimum Gasteiger partial charge on any atom is -0.385 e. The van der Waals surface area contributed by atoms with Crippen molar-refractivity contribution in [1.82, 2.24) is 24.5 Å². The number of hydrogen-bond donors (Lipinski definition) is 1. The fraction of sp³-hybridized carbons (Fsp3) is 0.364. The topological polar surface area (TPSA) is 90.5 Å². The molecule has 8 nitrogen and oxygen atoms in total. The van der Waals surface area contributed by atoms with Crippen LogP contribution in [-0.2, 0) is 29.0 Å². The zero-order chi connectivity index (χ0) is 22.5. The Balaban J connectivity index is 1.46. The van der Waals surface area contributed by atoms with Gasteiger partial charge in [-0.2, -0.15) is 0 Å². The van der Waals surface area contributed by atoms with E-state index in [1.165, 1.54) is 11.3 Å². The van der Waals surface area contributed by atoms with Crippen LogP contribution in [0.1, 0.15) is 30.7 Å². The number of ether oxygens (including phenoxy) is 1. The van der Waals surface area contributed by atoms with Crippen LogP contribution in [-0.4, -0.2) is 38.8 Å². The Kier molecular flexibility index (Phi) is 7.19. The molecule has 0 unspecified atom stereocenters. The van der Waals surface area contributed by atoms with E-state index in [0.717, 1.165) is 16.9 Å². The highest BCUT2D eigenvalue weighted by atomic mass is 35.5. The summed E-state index contributed by atoms with van der Waals surface area (Å²) in [5, 5.41) is 14.1. The number of hydrogen-bond acceptors (Lipinski definition) is 6. The normalized spacial score (nSPS) is 11.4. The summed E-state index contributed by atoms with van der Waals surface area (Å²) in [5.41, 5.74) is 1.63. The van der Waals surface area contributed by atoms with Crippen molar-refractivity contribution in [2.24, 2.45) is 0 Å². The van der Waals surface area contributed by atoms with Crippen LogP contribution in [0.15, 0.2) is 40.5 Å². The molecule has 10 heteroatoms. The van der Waals surface area contributed by atoms with Crippen molar-refractivity contribution in [3.8, 4) is 0 Å². The highest BCUT2D eigenvalue weighted by Crippen LogP contribution is 2.21. The van der Waals surface area contributed by atoms with Crippen LogP contribution in [0.4, 0.5) is 0 Å². The lowest BCUT2D eigenvalue weighted by Gasteiger charge is -2.09. The molecule has 0 saturated carbocycles. The third-order valence-corrected chi connectivity index (χ3v) is 6.51. The number of thiophene rings is 1. The number of methoxy groups -OCH3 is 1. The molecule has 4 aromatic rings. The van der Waals surface area contributed by atoms with Gasteiger partial charge in [0.25, 0.3) is 5.56 Å². The summed E-state index contributed by atoms with van der Waals surface area (Å²) in [4.78, 5) is 25.2. The van der Waals surface area contributed by atoms with E-state index in [9.17, 15) is 9.59 Å². The van der Waals surface area contributed by atoms with Crippen molar-refractivity contribution in [1.29, 1.82) is 0 Å². The number of aromatic nitrogens is 4. The zero-order valence-electron chi connectivity index (χ0n) is 17.7. The zero-order valence-corrected chi connectivity index (χ0v) is 19.3. The van der Waals surface area contributed by atoms with Crippen molar-refractivity contribution in [3.63, 3.8) is 0 Å². The molecule has 0 atom stereocenters. The predicted octanol–water partition coefficient (Wildman–Crippen LogP) is 3.43. The number of fused-ring (bicyclic) bond motifs is 3. The molecule has 0 spiro atoms. The largest absolute Gasteiger partial charge is 0.385 e. The second-order valence-electron chi connectivity index (χ2n) is 7.41. The fourth-order valence-electron chi connectivity index (χ4n) is 3.64. The molecule has 0 radical (unpaired) electrons. The monoisotopic (exact) mass is 473 g/mol. The van der Waals surface area contributed by atoms with E-state index in [-0.39, 0.29) is 11.5 Å². The molecule has 32 heavy (non-hydrogen) atoms. The van der Waals surface area contributed by atoms with Gasteiger partial charge in [0.15, 0.2) is 0 Å². The first-order chi connectivity index (χ1) is 15.6. The number of nitrogens with zero attached hydrogens (tertiary/aromatic N) is 4. The van der Waals surface area contributed by atoms with Gasteiger partial charge < -0.3 is 10.1 Å². The average Bonchev–Trinajstić information content (AvgIpc) is 3.43. The minimum atomic E-state index is -0.0588. The second kappa shape index (κ2) is 10.2. The van der Waals surface area contributed by atoms with Crippen LogP contribution in [0.3, 0.4) is 0 Å². The summed E-state index contributed by atoms with van der Waals surface area (Å²) in [5.74, 6) is 1.22. The fourth-order valence-corrected chi connectivity index (χ4v) is 4.67.